The number of pyridine rings is 1. The zero-order valence-corrected chi connectivity index (χ0v) is 7.97. The molecule has 0 saturated carbocycles. The van der Waals surface area contributed by atoms with Gasteiger partial charge in [-0.15, -0.1) is 0 Å². The van der Waals surface area contributed by atoms with Crippen molar-refractivity contribution in [2.24, 2.45) is 0 Å². The van der Waals surface area contributed by atoms with E-state index in [4.69, 9.17) is 16.3 Å². The second kappa shape index (κ2) is 3.79. The minimum atomic E-state index is -1.02. The van der Waals surface area contributed by atoms with Crippen LogP contribution in [0.5, 0.6) is 0 Å². The Bertz CT molecular complexity index is 348. The molecule has 0 N–H and O–H groups in total. The van der Waals surface area contributed by atoms with Crippen LogP contribution in [0, 0.1) is 5.95 Å². The van der Waals surface area contributed by atoms with Gasteiger partial charge in [-0.05, 0) is 12.1 Å². The van der Waals surface area contributed by atoms with E-state index in [9.17, 15) is 8.78 Å². The number of halogens is 3. The third kappa shape index (κ3) is 1.86. The van der Waals surface area contributed by atoms with Crippen LogP contribution in [-0.2, 0) is 4.74 Å². The molecule has 1 fully saturated rings. The largest absolute Gasteiger partial charge is 0.370 e. The van der Waals surface area contributed by atoms with Gasteiger partial charge in [0.2, 0.25) is 5.95 Å². The lowest BCUT2D eigenvalue weighted by molar-refractivity contribution is 0.100. The van der Waals surface area contributed by atoms with E-state index >= 15 is 0 Å². The van der Waals surface area contributed by atoms with Gasteiger partial charge in [0.05, 0.1) is 12.7 Å². The van der Waals surface area contributed by atoms with Crippen LogP contribution in [0.1, 0.15) is 18.1 Å². The van der Waals surface area contributed by atoms with Crippen LogP contribution in [0.4, 0.5) is 8.78 Å². The third-order valence-corrected chi connectivity index (χ3v) is 2.35. The molecule has 1 aliphatic heterocycles. The van der Waals surface area contributed by atoms with Crippen LogP contribution < -0.4 is 0 Å². The van der Waals surface area contributed by atoms with Gasteiger partial charge >= 0.3 is 0 Å². The lowest BCUT2D eigenvalue weighted by atomic mass is 10.1. The van der Waals surface area contributed by atoms with Gasteiger partial charge in [0.1, 0.15) is 11.3 Å². The van der Waals surface area contributed by atoms with Gasteiger partial charge in [-0.3, -0.25) is 0 Å². The molecule has 0 bridgehead atoms. The summed E-state index contributed by atoms with van der Waals surface area (Å²) >= 11 is 5.49. The molecule has 1 aliphatic rings. The predicted octanol–water partition coefficient (Wildman–Crippen LogP) is 2.67. The van der Waals surface area contributed by atoms with Crippen molar-refractivity contribution in [2.75, 3.05) is 6.61 Å². The van der Waals surface area contributed by atoms with E-state index in [2.05, 4.69) is 4.98 Å². The number of rotatable bonds is 1. The summed E-state index contributed by atoms with van der Waals surface area (Å²) in [5.74, 6) is -0.684. The van der Waals surface area contributed by atoms with Gasteiger partial charge in [-0.25, -0.2) is 9.37 Å². The Morgan fingerprint density at radius 1 is 1.50 bits per heavy atom. The highest BCUT2D eigenvalue weighted by Crippen LogP contribution is 2.31. The van der Waals surface area contributed by atoms with Crippen molar-refractivity contribution in [1.29, 1.82) is 0 Å². The van der Waals surface area contributed by atoms with E-state index in [1.54, 1.807) is 0 Å². The SMILES string of the molecule is Fc1nc(Cl)ccc1[C@H]1C[C@@H](F)CO1. The summed E-state index contributed by atoms with van der Waals surface area (Å²) in [6, 6.07) is 2.95. The van der Waals surface area contributed by atoms with E-state index in [1.807, 2.05) is 0 Å². The molecule has 0 aromatic carbocycles. The molecule has 76 valence electrons. The van der Waals surface area contributed by atoms with Gasteiger partial charge in [0, 0.05) is 12.0 Å². The first kappa shape index (κ1) is 9.80. The second-order valence-corrected chi connectivity index (χ2v) is 3.56. The number of hydrogen-bond acceptors (Lipinski definition) is 2. The van der Waals surface area contributed by atoms with Crippen LogP contribution in [0.25, 0.3) is 0 Å². The summed E-state index contributed by atoms with van der Waals surface area (Å²) in [7, 11) is 0. The summed E-state index contributed by atoms with van der Waals surface area (Å²) in [5.41, 5.74) is 0.273. The van der Waals surface area contributed by atoms with Crippen molar-refractivity contribution < 1.29 is 13.5 Å². The lowest BCUT2D eigenvalue weighted by Gasteiger charge is -2.09. The standard InChI is InChI=1S/C9H8ClF2NO/c10-8-2-1-6(9(12)13-8)7-3-5(11)4-14-7/h1-2,5,7H,3-4H2/t5-,7-/m1/s1. The van der Waals surface area contributed by atoms with Crippen molar-refractivity contribution in [3.8, 4) is 0 Å². The van der Waals surface area contributed by atoms with Crippen LogP contribution >= 0.6 is 11.6 Å². The van der Waals surface area contributed by atoms with Crippen LogP contribution in [0.15, 0.2) is 12.1 Å². The number of alkyl halides is 1. The summed E-state index contributed by atoms with van der Waals surface area (Å²) in [6.45, 7) is 0.0206. The van der Waals surface area contributed by atoms with Gasteiger partial charge in [0.25, 0.3) is 0 Å². The van der Waals surface area contributed by atoms with Crippen LogP contribution in [0.3, 0.4) is 0 Å². The molecule has 14 heavy (non-hydrogen) atoms. The maximum absolute atomic E-state index is 13.2. The van der Waals surface area contributed by atoms with Gasteiger partial charge in [0.15, 0.2) is 0 Å². The molecule has 5 heteroatoms. The Morgan fingerprint density at radius 3 is 2.86 bits per heavy atom. The molecule has 1 aromatic heterocycles. The van der Waals surface area contributed by atoms with Crippen molar-refractivity contribution in [2.45, 2.75) is 18.7 Å². The molecule has 1 aromatic rings. The molecule has 2 rings (SSSR count). The van der Waals surface area contributed by atoms with Crippen molar-refractivity contribution >= 4 is 11.6 Å². The maximum atomic E-state index is 13.2. The fraction of sp³-hybridized carbons (Fsp3) is 0.444. The lowest BCUT2D eigenvalue weighted by Crippen LogP contribution is -2.01. The average molecular weight is 220 g/mol. The highest BCUT2D eigenvalue weighted by Gasteiger charge is 2.28. The summed E-state index contributed by atoms with van der Waals surface area (Å²) in [5, 5.41) is 0.0843. The molecule has 1 saturated heterocycles. The quantitative estimate of drug-likeness (QED) is 0.678. The molecule has 2 atom stereocenters. The van der Waals surface area contributed by atoms with Gasteiger partial charge < -0.3 is 4.74 Å². The molecule has 0 radical (unpaired) electrons. The Balaban J connectivity index is 2.24. The first-order valence-electron chi connectivity index (χ1n) is 4.24. The zero-order chi connectivity index (χ0) is 10.1. The number of ether oxygens (including phenoxy) is 1. The third-order valence-electron chi connectivity index (χ3n) is 2.14. The first-order chi connectivity index (χ1) is 6.66. The molecule has 0 spiro atoms. The zero-order valence-electron chi connectivity index (χ0n) is 7.21. The molecule has 0 aliphatic carbocycles. The second-order valence-electron chi connectivity index (χ2n) is 3.17. The monoisotopic (exact) mass is 219 g/mol. The molecule has 0 unspecified atom stereocenters. The average Bonchev–Trinajstić information content (AvgIpc) is 2.51. The van der Waals surface area contributed by atoms with Crippen molar-refractivity contribution in [1.82, 2.24) is 4.98 Å². The van der Waals surface area contributed by atoms with E-state index in [0.717, 1.165) is 0 Å². The van der Waals surface area contributed by atoms with E-state index in [1.165, 1.54) is 12.1 Å². The highest BCUT2D eigenvalue weighted by atomic mass is 35.5. The van der Waals surface area contributed by atoms with Crippen molar-refractivity contribution in [3.05, 3.63) is 28.8 Å². The first-order valence-corrected chi connectivity index (χ1v) is 4.62. The van der Waals surface area contributed by atoms with E-state index in [-0.39, 0.29) is 23.7 Å². The Hall–Kier alpha value is -0.740. The van der Waals surface area contributed by atoms with E-state index < -0.39 is 18.2 Å². The number of hydrogen-bond donors (Lipinski definition) is 0. The maximum Gasteiger partial charge on any atom is 0.220 e. The predicted molar refractivity (Wildman–Crippen MR) is 47.4 cm³/mol. The minimum absolute atomic E-state index is 0.0206. The topological polar surface area (TPSA) is 22.1 Å². The van der Waals surface area contributed by atoms with Crippen LogP contribution in [0.2, 0.25) is 5.15 Å². The minimum Gasteiger partial charge on any atom is -0.370 e. The van der Waals surface area contributed by atoms with Gasteiger partial charge in [-0.2, -0.15) is 4.39 Å². The normalized spacial score (nSPS) is 26.8. The fourth-order valence-corrected chi connectivity index (χ4v) is 1.61. The Morgan fingerprint density at radius 2 is 2.29 bits per heavy atom. The molecule has 2 nitrogen and oxygen atoms in total. The Labute approximate surface area is 84.9 Å². The Kier molecular flexibility index (Phi) is 2.65. The summed E-state index contributed by atoms with van der Waals surface area (Å²) in [6.07, 6.45) is -1.37. The van der Waals surface area contributed by atoms with Crippen molar-refractivity contribution in [3.63, 3.8) is 0 Å². The number of aromatic nitrogens is 1. The fourth-order valence-electron chi connectivity index (χ4n) is 1.47. The van der Waals surface area contributed by atoms with Gasteiger partial charge in [-0.1, -0.05) is 11.6 Å². The van der Waals surface area contributed by atoms with E-state index in [0.29, 0.717) is 0 Å². The number of nitrogens with zero attached hydrogens (tertiary/aromatic N) is 1. The molecule has 0 amide bonds. The highest BCUT2D eigenvalue weighted by molar-refractivity contribution is 6.29. The summed E-state index contributed by atoms with van der Waals surface area (Å²) < 4.78 is 31.1. The van der Waals surface area contributed by atoms with Crippen LogP contribution in [-0.4, -0.2) is 17.8 Å². The molecule has 2 heterocycles. The summed E-state index contributed by atoms with van der Waals surface area (Å²) in [4.78, 5) is 3.44. The molecular formula is C9H8ClF2NO. The molecular weight excluding hydrogens is 212 g/mol. The smallest absolute Gasteiger partial charge is 0.220 e.